The minimum absolute atomic E-state index is 0.00878. The number of carboxylic acids is 3. The van der Waals surface area contributed by atoms with E-state index >= 15 is 0 Å². The van der Waals surface area contributed by atoms with E-state index in [4.69, 9.17) is 11.5 Å². The Morgan fingerprint density at radius 2 is 1.30 bits per heavy atom. The van der Waals surface area contributed by atoms with Crippen LogP contribution in [0.3, 0.4) is 0 Å². The number of nitrogens with one attached hydrogen (secondary N) is 7. The lowest BCUT2D eigenvalue weighted by Gasteiger charge is -2.30. The van der Waals surface area contributed by atoms with Gasteiger partial charge in [0.2, 0.25) is 53.2 Å². The van der Waals surface area contributed by atoms with E-state index in [2.05, 4.69) is 49.8 Å². The maximum Gasteiger partial charge on any atom is 0.326 e. The van der Waals surface area contributed by atoms with Gasteiger partial charge in [0.1, 0.15) is 42.3 Å². The van der Waals surface area contributed by atoms with Crippen LogP contribution in [0.4, 0.5) is 0 Å². The van der Waals surface area contributed by atoms with Gasteiger partial charge >= 0.3 is 17.9 Å². The zero-order chi connectivity index (χ0) is 52.7. The molecule has 25 nitrogen and oxygen atoms in total. The Morgan fingerprint density at radius 1 is 0.729 bits per heavy atom. The van der Waals surface area contributed by atoms with Gasteiger partial charge in [-0.25, -0.2) is 4.79 Å². The zero-order valence-corrected chi connectivity index (χ0v) is 40.7. The first-order chi connectivity index (χ1) is 33.0. The molecule has 1 aliphatic heterocycles. The maximum atomic E-state index is 13.8. The summed E-state index contributed by atoms with van der Waals surface area (Å²) in [6, 6.07) is -3.53. The van der Waals surface area contributed by atoms with Crippen molar-refractivity contribution in [3.63, 3.8) is 0 Å². The van der Waals surface area contributed by atoms with Gasteiger partial charge < -0.3 is 68.9 Å². The molecule has 0 spiro atoms. The minimum atomic E-state index is -1.93. The predicted octanol–water partition coefficient (Wildman–Crippen LogP) is -3.40. The van der Waals surface area contributed by atoms with Crippen molar-refractivity contribution in [2.24, 2.45) is 17.4 Å². The van der Waals surface area contributed by atoms with Gasteiger partial charge in [-0.15, -0.1) is 0 Å². The van der Waals surface area contributed by atoms with Crippen LogP contribution in [0.1, 0.15) is 70.8 Å². The number of likely N-dealkylation sites (tertiary alicyclic amines) is 1. The molecule has 0 unspecified atom stereocenters. The standard InChI is InChI=1S/C43H64N10O15S2/c1-22(2)16-24(44)36(60)46-20-33(55)47-28(18-32(45)54)42(66)53-14-7-10-31(53)41(65)49-26(13-15-70-3)38(62)52-30(21-69)40(64)50-27(19-35(58)59)39(63)48-25(11-12-34(56)57)37(61)51-29(43(67)68)17-23-8-5-4-6-9-23/h4-6,8-9,22,24-31,69H,7,10-21,44H2,1-3H3,(H2,45,54)(H,46,60)(H,47,55)(H,48,63)(H,49,65)(H,50,64)(H,51,61)(H,52,62)(H,56,57)(H,58,59)(H,67,68)/t24-,25-,26-,27-,28-,29-,30-,31-/m0/s1. The number of nitrogens with two attached hydrogens (primary N) is 2. The number of primary amides is 1. The number of hydrogen-bond acceptors (Lipinski definition) is 15. The maximum absolute atomic E-state index is 13.8. The van der Waals surface area contributed by atoms with Crippen LogP contribution in [0.2, 0.25) is 0 Å². The molecular weight excluding hydrogens is 961 g/mol. The van der Waals surface area contributed by atoms with Crippen LogP contribution in [0.25, 0.3) is 0 Å². The third-order valence-corrected chi connectivity index (χ3v) is 11.6. The van der Waals surface area contributed by atoms with Gasteiger partial charge in [0.25, 0.3) is 0 Å². The molecule has 0 bridgehead atoms. The quantitative estimate of drug-likeness (QED) is 0.0323. The largest absolute Gasteiger partial charge is 0.481 e. The van der Waals surface area contributed by atoms with E-state index in [9.17, 15) is 72.9 Å². The normalized spacial score (nSPS) is 16.1. The van der Waals surface area contributed by atoms with Crippen LogP contribution in [0.5, 0.6) is 0 Å². The highest BCUT2D eigenvalue weighted by Gasteiger charge is 2.40. The van der Waals surface area contributed by atoms with Crippen molar-refractivity contribution < 1.29 is 72.9 Å². The van der Waals surface area contributed by atoms with Crippen molar-refractivity contribution in [3.05, 3.63) is 35.9 Å². The third-order valence-electron chi connectivity index (χ3n) is 10.6. The summed E-state index contributed by atoms with van der Waals surface area (Å²) in [5.41, 5.74) is 11.8. The second-order valence-electron chi connectivity index (χ2n) is 16.8. The molecule has 388 valence electrons. The number of carbonyl (C=O) groups is 12. The number of aliphatic carboxylic acids is 3. The second-order valence-corrected chi connectivity index (χ2v) is 18.1. The van der Waals surface area contributed by atoms with E-state index in [1.807, 2.05) is 13.8 Å². The number of carbonyl (C=O) groups excluding carboxylic acids is 9. The summed E-state index contributed by atoms with van der Waals surface area (Å²) in [7, 11) is 0. The van der Waals surface area contributed by atoms with Gasteiger partial charge in [0, 0.05) is 25.1 Å². The topological polar surface area (TPSA) is 405 Å². The number of benzene rings is 1. The van der Waals surface area contributed by atoms with Crippen LogP contribution in [-0.4, -0.2) is 170 Å². The SMILES string of the molecule is CSCC[C@H](NC(=O)[C@@H]1CCCN1C(=O)[C@H](CC(N)=O)NC(=O)CNC(=O)[C@@H](N)CC(C)C)C(=O)N[C@@H](CS)C(=O)N[C@@H](CC(=O)O)C(=O)N[C@@H](CCC(=O)O)C(=O)N[C@@H](Cc1ccccc1)C(=O)O. The van der Waals surface area contributed by atoms with Gasteiger partial charge in [0.15, 0.2) is 0 Å². The van der Waals surface area contributed by atoms with Crippen LogP contribution in [-0.2, 0) is 64.0 Å². The lowest BCUT2D eigenvalue weighted by atomic mass is 10.0. The van der Waals surface area contributed by atoms with Crippen LogP contribution in [0, 0.1) is 5.92 Å². The molecule has 9 amide bonds. The van der Waals surface area contributed by atoms with Crippen molar-refractivity contribution in [3.8, 4) is 0 Å². The van der Waals surface area contributed by atoms with E-state index in [1.165, 1.54) is 11.8 Å². The average Bonchev–Trinajstić information content (AvgIpc) is 3.79. The molecule has 1 saturated heterocycles. The van der Waals surface area contributed by atoms with E-state index in [0.29, 0.717) is 24.2 Å². The Hall–Kier alpha value is -6.48. The zero-order valence-electron chi connectivity index (χ0n) is 39.0. The fourth-order valence-electron chi connectivity index (χ4n) is 7.09. The number of rotatable bonds is 31. The number of nitrogens with zero attached hydrogens (tertiary/aromatic N) is 1. The molecule has 1 aromatic carbocycles. The van der Waals surface area contributed by atoms with Crippen molar-refractivity contribution in [1.29, 1.82) is 0 Å². The Kier molecular flexibility index (Phi) is 25.7. The number of thiol groups is 1. The molecule has 1 aromatic rings. The van der Waals surface area contributed by atoms with Gasteiger partial charge in [-0.1, -0.05) is 44.2 Å². The summed E-state index contributed by atoms with van der Waals surface area (Å²) in [5.74, 6) is -13.0. The molecule has 0 saturated carbocycles. The number of thioether (sulfide) groups is 1. The monoisotopic (exact) mass is 1020 g/mol. The molecule has 0 aromatic heterocycles. The first-order valence-corrected chi connectivity index (χ1v) is 24.2. The first-order valence-electron chi connectivity index (χ1n) is 22.2. The summed E-state index contributed by atoms with van der Waals surface area (Å²) < 4.78 is 0. The smallest absolute Gasteiger partial charge is 0.326 e. The summed E-state index contributed by atoms with van der Waals surface area (Å²) >= 11 is 5.44. The Morgan fingerprint density at radius 3 is 1.86 bits per heavy atom. The summed E-state index contributed by atoms with van der Waals surface area (Å²) in [6.07, 6.45) is -0.692. The lowest BCUT2D eigenvalue weighted by molar-refractivity contribution is -0.143. The molecule has 1 aliphatic rings. The molecular formula is C43H64N10O15S2. The van der Waals surface area contributed by atoms with E-state index < -0.39 is 157 Å². The van der Waals surface area contributed by atoms with Crippen LogP contribution >= 0.6 is 24.4 Å². The minimum Gasteiger partial charge on any atom is -0.481 e. The highest BCUT2D eigenvalue weighted by molar-refractivity contribution is 7.98. The third kappa shape index (κ3) is 21.0. The highest BCUT2D eigenvalue weighted by Crippen LogP contribution is 2.20. The molecule has 2 rings (SSSR count). The lowest BCUT2D eigenvalue weighted by Crippen LogP contribution is -2.60. The van der Waals surface area contributed by atoms with Gasteiger partial charge in [-0.2, -0.15) is 24.4 Å². The summed E-state index contributed by atoms with van der Waals surface area (Å²) in [4.78, 5) is 155. The molecule has 0 aliphatic carbocycles. The second kappa shape index (κ2) is 30.2. The Labute approximate surface area is 413 Å². The first kappa shape index (κ1) is 59.6. The van der Waals surface area contributed by atoms with E-state index in [1.54, 1.807) is 36.6 Å². The average molecular weight is 1030 g/mol. The van der Waals surface area contributed by atoms with Crippen molar-refractivity contribution >= 4 is 95.5 Å². The van der Waals surface area contributed by atoms with Crippen molar-refractivity contribution in [2.75, 3.05) is 30.9 Å². The van der Waals surface area contributed by atoms with Crippen molar-refractivity contribution in [2.45, 2.75) is 120 Å². The van der Waals surface area contributed by atoms with E-state index in [-0.39, 0.29) is 31.7 Å². The molecule has 1 heterocycles. The summed E-state index contributed by atoms with van der Waals surface area (Å²) in [6.45, 7) is 3.15. The number of carboxylic acid groups (broad SMARTS) is 3. The molecule has 27 heteroatoms. The van der Waals surface area contributed by atoms with Gasteiger partial charge in [0.05, 0.1) is 25.4 Å². The molecule has 1 fully saturated rings. The number of hydrogen-bond donors (Lipinski definition) is 13. The van der Waals surface area contributed by atoms with Crippen LogP contribution in [0.15, 0.2) is 30.3 Å². The molecule has 70 heavy (non-hydrogen) atoms. The van der Waals surface area contributed by atoms with Crippen LogP contribution < -0.4 is 48.7 Å². The highest BCUT2D eigenvalue weighted by atomic mass is 32.2. The molecule has 0 radical (unpaired) electrons. The fraction of sp³-hybridized carbons (Fsp3) is 0.581. The van der Waals surface area contributed by atoms with Gasteiger partial charge in [-0.3, -0.25) is 52.7 Å². The molecule has 8 atom stereocenters. The number of amides is 9. The fourth-order valence-corrected chi connectivity index (χ4v) is 7.82. The van der Waals surface area contributed by atoms with Gasteiger partial charge in [-0.05, 0) is 55.6 Å². The predicted molar refractivity (Wildman–Crippen MR) is 254 cm³/mol. The summed E-state index contributed by atoms with van der Waals surface area (Å²) in [5, 5.41) is 45.1. The Bertz CT molecular complexity index is 2050. The molecule has 14 N–H and O–H groups in total. The van der Waals surface area contributed by atoms with E-state index in [0.717, 1.165) is 4.90 Å². The Balaban J connectivity index is 2.23. The van der Waals surface area contributed by atoms with Crippen molar-refractivity contribution in [1.82, 2.24) is 42.1 Å².